The second-order valence-electron chi connectivity index (χ2n) is 6.20. The molecule has 0 saturated carbocycles. The second kappa shape index (κ2) is 7.80. The molecule has 2 unspecified atom stereocenters. The Morgan fingerprint density at radius 2 is 1.92 bits per heavy atom. The topological polar surface area (TPSA) is 91.7 Å². The van der Waals surface area contributed by atoms with Crippen LogP contribution in [0.5, 0.6) is 0 Å². The van der Waals surface area contributed by atoms with Gasteiger partial charge in [0.05, 0.1) is 17.4 Å². The maximum atomic E-state index is 12.4. The van der Waals surface area contributed by atoms with Crippen LogP contribution in [0, 0.1) is 0 Å². The third-order valence-corrected chi connectivity index (χ3v) is 2.89. The molecular formula is C15H21F3N2O4. The average molecular weight is 350 g/mol. The van der Waals surface area contributed by atoms with E-state index in [-0.39, 0.29) is 18.7 Å². The van der Waals surface area contributed by atoms with Crippen molar-refractivity contribution >= 4 is 6.09 Å². The fourth-order valence-corrected chi connectivity index (χ4v) is 1.74. The van der Waals surface area contributed by atoms with Crippen LogP contribution in [0.3, 0.4) is 0 Å². The molecule has 0 radical (unpaired) electrons. The predicted octanol–water partition coefficient (Wildman–Crippen LogP) is 2.41. The van der Waals surface area contributed by atoms with Crippen molar-refractivity contribution in [2.45, 2.75) is 51.2 Å². The number of nitrogens with zero attached hydrogens (tertiary/aromatic N) is 1. The lowest BCUT2D eigenvalue weighted by molar-refractivity contribution is -0.137. The molecule has 0 aliphatic carbocycles. The first-order valence-corrected chi connectivity index (χ1v) is 7.26. The molecule has 1 rings (SSSR count). The van der Waals surface area contributed by atoms with Gasteiger partial charge in [0, 0.05) is 12.7 Å². The summed E-state index contributed by atoms with van der Waals surface area (Å²) in [7, 11) is 0. The summed E-state index contributed by atoms with van der Waals surface area (Å²) in [6.07, 6.45) is -7.39. The molecule has 0 spiro atoms. The number of amides is 1. The predicted molar refractivity (Wildman–Crippen MR) is 79.1 cm³/mol. The number of carbonyl (C=O) groups is 1. The molecule has 1 heterocycles. The molecule has 3 N–H and O–H groups in total. The summed E-state index contributed by atoms with van der Waals surface area (Å²) in [5.41, 5.74) is -1.70. The zero-order valence-corrected chi connectivity index (χ0v) is 13.6. The van der Waals surface area contributed by atoms with Crippen LogP contribution in [0.1, 0.15) is 44.6 Å². The highest BCUT2D eigenvalue weighted by molar-refractivity contribution is 5.67. The van der Waals surface area contributed by atoms with E-state index in [1.165, 1.54) is 0 Å². The van der Waals surface area contributed by atoms with Crippen molar-refractivity contribution in [2.24, 2.45) is 0 Å². The monoisotopic (exact) mass is 350 g/mol. The Morgan fingerprint density at radius 3 is 2.38 bits per heavy atom. The fraction of sp³-hybridized carbons (Fsp3) is 0.600. The molecule has 0 bridgehead atoms. The summed E-state index contributed by atoms with van der Waals surface area (Å²) in [4.78, 5) is 14.9. The van der Waals surface area contributed by atoms with Crippen LogP contribution in [0.4, 0.5) is 18.0 Å². The van der Waals surface area contributed by atoms with Crippen LogP contribution in [0.15, 0.2) is 18.3 Å². The average Bonchev–Trinajstić information content (AvgIpc) is 2.43. The van der Waals surface area contributed by atoms with Crippen molar-refractivity contribution in [3.63, 3.8) is 0 Å². The fourth-order valence-electron chi connectivity index (χ4n) is 1.74. The molecular weight excluding hydrogens is 329 g/mol. The molecule has 1 aromatic rings. The molecule has 0 fully saturated rings. The minimum Gasteiger partial charge on any atom is -0.444 e. The number of rotatable bonds is 5. The van der Waals surface area contributed by atoms with E-state index in [9.17, 15) is 28.2 Å². The first-order valence-electron chi connectivity index (χ1n) is 7.26. The summed E-state index contributed by atoms with van der Waals surface area (Å²) in [6, 6.07) is 1.77. The molecule has 0 aliphatic heterocycles. The Balaban J connectivity index is 2.50. The maximum absolute atomic E-state index is 12.4. The van der Waals surface area contributed by atoms with Crippen LogP contribution in [-0.4, -0.2) is 39.5 Å². The quantitative estimate of drug-likeness (QED) is 0.758. The Bertz CT molecular complexity index is 541. The molecule has 6 nitrogen and oxygen atoms in total. The van der Waals surface area contributed by atoms with Gasteiger partial charge in [-0.05, 0) is 39.3 Å². The zero-order valence-electron chi connectivity index (χ0n) is 13.6. The smallest absolute Gasteiger partial charge is 0.417 e. The van der Waals surface area contributed by atoms with Crippen molar-refractivity contribution in [1.29, 1.82) is 0 Å². The Morgan fingerprint density at radius 1 is 1.29 bits per heavy atom. The molecule has 24 heavy (non-hydrogen) atoms. The van der Waals surface area contributed by atoms with E-state index in [1.54, 1.807) is 20.8 Å². The number of ether oxygens (including phenoxy) is 1. The van der Waals surface area contributed by atoms with Gasteiger partial charge >= 0.3 is 12.3 Å². The molecule has 136 valence electrons. The van der Waals surface area contributed by atoms with Crippen LogP contribution < -0.4 is 5.32 Å². The third-order valence-electron chi connectivity index (χ3n) is 2.89. The standard InChI is InChI=1S/C15H21F3N2O4/c1-14(2,3)24-13(23)19-7-6-11(21)12(22)10-5-4-9(8-20-10)15(16,17)18/h4-5,8,11-12,21-22H,6-7H2,1-3H3,(H,19,23). The van der Waals surface area contributed by atoms with Gasteiger partial charge < -0.3 is 20.3 Å². The highest BCUT2D eigenvalue weighted by Crippen LogP contribution is 2.29. The van der Waals surface area contributed by atoms with Crippen LogP contribution in [-0.2, 0) is 10.9 Å². The van der Waals surface area contributed by atoms with Gasteiger partial charge in [0.15, 0.2) is 0 Å². The van der Waals surface area contributed by atoms with Crippen LogP contribution in [0.25, 0.3) is 0 Å². The van der Waals surface area contributed by atoms with Crippen molar-refractivity contribution < 1.29 is 32.9 Å². The molecule has 0 aromatic carbocycles. The first kappa shape index (κ1) is 20.2. The number of hydrogen-bond donors (Lipinski definition) is 3. The van der Waals surface area contributed by atoms with E-state index >= 15 is 0 Å². The van der Waals surface area contributed by atoms with Gasteiger partial charge in [0.2, 0.25) is 0 Å². The van der Waals surface area contributed by atoms with Crippen molar-refractivity contribution in [1.82, 2.24) is 10.3 Å². The minimum atomic E-state index is -4.52. The summed E-state index contributed by atoms with van der Waals surface area (Å²) in [6.45, 7) is 5.11. The Hall–Kier alpha value is -1.87. The van der Waals surface area contributed by atoms with E-state index in [0.29, 0.717) is 6.20 Å². The maximum Gasteiger partial charge on any atom is 0.417 e. The molecule has 0 saturated heterocycles. The third kappa shape index (κ3) is 6.71. The highest BCUT2D eigenvalue weighted by Gasteiger charge is 2.31. The first-order chi connectivity index (χ1) is 10.9. The number of carbonyl (C=O) groups excluding carboxylic acids is 1. The minimum absolute atomic E-state index is 0.0216. The van der Waals surface area contributed by atoms with Crippen molar-refractivity contribution in [3.8, 4) is 0 Å². The van der Waals surface area contributed by atoms with Gasteiger partial charge in [-0.25, -0.2) is 4.79 Å². The number of hydrogen-bond acceptors (Lipinski definition) is 5. The molecule has 9 heteroatoms. The van der Waals surface area contributed by atoms with E-state index in [2.05, 4.69) is 10.3 Å². The summed E-state index contributed by atoms with van der Waals surface area (Å²) in [5.74, 6) is 0. The number of aliphatic hydroxyl groups excluding tert-OH is 2. The number of aromatic nitrogens is 1. The summed E-state index contributed by atoms with van der Waals surface area (Å²) in [5, 5.41) is 22.1. The Kier molecular flexibility index (Phi) is 6.56. The lowest BCUT2D eigenvalue weighted by Gasteiger charge is -2.21. The van der Waals surface area contributed by atoms with E-state index < -0.39 is 35.6 Å². The SMILES string of the molecule is CC(C)(C)OC(=O)NCCC(O)C(O)c1ccc(C(F)(F)F)cn1. The molecule has 2 atom stereocenters. The van der Waals surface area contributed by atoms with Gasteiger partial charge in [-0.2, -0.15) is 13.2 Å². The largest absolute Gasteiger partial charge is 0.444 e. The number of alkyl halides is 3. The number of halogens is 3. The van der Waals surface area contributed by atoms with Crippen LogP contribution >= 0.6 is 0 Å². The van der Waals surface area contributed by atoms with E-state index in [4.69, 9.17) is 4.74 Å². The molecule has 0 aliphatic rings. The Labute approximate surface area is 137 Å². The molecule has 1 amide bonds. The number of aliphatic hydroxyl groups is 2. The van der Waals surface area contributed by atoms with Crippen LogP contribution in [0.2, 0.25) is 0 Å². The van der Waals surface area contributed by atoms with E-state index in [1.807, 2.05) is 0 Å². The molecule has 1 aromatic heterocycles. The zero-order chi connectivity index (χ0) is 18.5. The number of alkyl carbamates (subject to hydrolysis) is 1. The van der Waals surface area contributed by atoms with Gasteiger partial charge in [-0.1, -0.05) is 0 Å². The van der Waals surface area contributed by atoms with E-state index in [0.717, 1.165) is 12.1 Å². The van der Waals surface area contributed by atoms with Gasteiger partial charge in [-0.3, -0.25) is 4.98 Å². The summed E-state index contributed by atoms with van der Waals surface area (Å²) < 4.78 is 42.3. The summed E-state index contributed by atoms with van der Waals surface area (Å²) >= 11 is 0. The lowest BCUT2D eigenvalue weighted by Crippen LogP contribution is -2.34. The van der Waals surface area contributed by atoms with Crippen molar-refractivity contribution in [3.05, 3.63) is 29.6 Å². The van der Waals surface area contributed by atoms with Gasteiger partial charge in [0.1, 0.15) is 11.7 Å². The number of pyridine rings is 1. The normalized spacial score (nSPS) is 14.8. The van der Waals surface area contributed by atoms with Gasteiger partial charge in [0.25, 0.3) is 0 Å². The lowest BCUT2D eigenvalue weighted by atomic mass is 10.1. The van der Waals surface area contributed by atoms with Crippen molar-refractivity contribution in [2.75, 3.05) is 6.54 Å². The second-order valence-corrected chi connectivity index (χ2v) is 6.20. The number of nitrogens with one attached hydrogen (secondary N) is 1. The van der Waals surface area contributed by atoms with Gasteiger partial charge in [-0.15, -0.1) is 0 Å². The highest BCUT2D eigenvalue weighted by atomic mass is 19.4.